The highest BCUT2D eigenvalue weighted by molar-refractivity contribution is 6.15. The van der Waals surface area contributed by atoms with Crippen molar-refractivity contribution in [1.29, 1.82) is 0 Å². The molecule has 0 unspecified atom stereocenters. The van der Waals surface area contributed by atoms with E-state index in [-0.39, 0.29) is 23.1 Å². The van der Waals surface area contributed by atoms with Crippen molar-refractivity contribution in [1.82, 2.24) is 0 Å². The van der Waals surface area contributed by atoms with E-state index in [1.165, 1.54) is 17.0 Å². The van der Waals surface area contributed by atoms with Crippen molar-refractivity contribution in [3.63, 3.8) is 0 Å². The van der Waals surface area contributed by atoms with Gasteiger partial charge in [0.25, 0.3) is 0 Å². The molecule has 27 heavy (non-hydrogen) atoms. The molecule has 0 aliphatic carbocycles. The summed E-state index contributed by atoms with van der Waals surface area (Å²) in [6, 6.07) is 7.47. The molecule has 0 spiro atoms. The number of carbonyl (C=O) groups excluding carboxylic acids is 1. The van der Waals surface area contributed by atoms with Crippen molar-refractivity contribution >= 4 is 11.9 Å². The number of rotatable bonds is 3. The summed E-state index contributed by atoms with van der Waals surface area (Å²) in [4.78, 5) is 14.1. The summed E-state index contributed by atoms with van der Waals surface area (Å²) >= 11 is 0. The van der Waals surface area contributed by atoms with Gasteiger partial charge in [0.15, 0.2) is 11.5 Å². The first kappa shape index (κ1) is 17.7. The van der Waals surface area contributed by atoms with Gasteiger partial charge in [-0.3, -0.25) is 4.79 Å². The fourth-order valence-electron chi connectivity index (χ4n) is 3.55. The van der Waals surface area contributed by atoms with Gasteiger partial charge >= 0.3 is 0 Å². The van der Waals surface area contributed by atoms with E-state index in [9.17, 15) is 14.3 Å². The number of morpholine rings is 1. The predicted molar refractivity (Wildman–Crippen MR) is 97.4 cm³/mol. The molecule has 2 aromatic carbocycles. The van der Waals surface area contributed by atoms with Crippen molar-refractivity contribution in [3.05, 3.63) is 64.2 Å². The molecule has 0 atom stereocenters. The monoisotopic (exact) mass is 370 g/mol. The standard InChI is InChI=1S/C21H20FNO4/c1-13-10-17(24)16(12-23-6-8-26-9-7-23)21-19(13)20(25)18(27-21)11-14-2-4-15(22)5-3-14/h2-5,10-11,24H,6-9,12H2,1H3/p+1/b18-11-. The Bertz CT molecular complexity index is 915. The first-order valence-corrected chi connectivity index (χ1v) is 8.99. The lowest BCUT2D eigenvalue weighted by atomic mass is 9.99. The summed E-state index contributed by atoms with van der Waals surface area (Å²) in [7, 11) is 0. The van der Waals surface area contributed by atoms with Crippen LogP contribution in [-0.4, -0.2) is 37.2 Å². The van der Waals surface area contributed by atoms with Crippen molar-refractivity contribution in [2.24, 2.45) is 0 Å². The molecule has 2 N–H and O–H groups in total. The molecule has 0 aromatic heterocycles. The number of aryl methyl sites for hydroxylation is 1. The number of nitrogens with one attached hydrogen (secondary N) is 1. The second kappa shape index (κ2) is 7.13. The summed E-state index contributed by atoms with van der Waals surface area (Å²) < 4.78 is 24.4. The number of fused-ring (bicyclic) bond motifs is 1. The zero-order chi connectivity index (χ0) is 19.0. The van der Waals surface area contributed by atoms with Crippen molar-refractivity contribution in [2.75, 3.05) is 26.3 Å². The molecule has 140 valence electrons. The molecule has 0 amide bonds. The van der Waals surface area contributed by atoms with E-state index in [0.29, 0.717) is 47.8 Å². The number of carbonyl (C=O) groups is 1. The molecular formula is C21H21FNO4+. The van der Waals surface area contributed by atoms with Crippen LogP contribution in [-0.2, 0) is 11.3 Å². The SMILES string of the molecule is Cc1cc(O)c(C[NH+]2CCOCC2)c2c1C(=O)/C(=C/c1ccc(F)cc1)O2. The minimum Gasteiger partial charge on any atom is -0.507 e. The van der Waals surface area contributed by atoms with E-state index in [2.05, 4.69) is 0 Å². The van der Waals surface area contributed by atoms with Gasteiger partial charge in [0.05, 0.1) is 24.3 Å². The number of phenolic OH excluding ortho intramolecular Hbond substituents is 1. The summed E-state index contributed by atoms with van der Waals surface area (Å²) in [6.45, 7) is 5.39. The molecule has 1 fully saturated rings. The smallest absolute Gasteiger partial charge is 0.232 e. The van der Waals surface area contributed by atoms with Gasteiger partial charge in [-0.05, 0) is 42.3 Å². The number of aromatic hydroxyl groups is 1. The van der Waals surface area contributed by atoms with Gasteiger partial charge in [-0.2, -0.15) is 0 Å². The topological polar surface area (TPSA) is 60.2 Å². The Kier molecular flexibility index (Phi) is 4.68. The van der Waals surface area contributed by atoms with Crippen molar-refractivity contribution < 1.29 is 28.7 Å². The first-order chi connectivity index (χ1) is 13.0. The predicted octanol–water partition coefficient (Wildman–Crippen LogP) is 1.87. The van der Waals surface area contributed by atoms with Gasteiger partial charge in [0.2, 0.25) is 5.78 Å². The zero-order valence-corrected chi connectivity index (χ0v) is 15.0. The molecule has 5 nitrogen and oxygen atoms in total. The summed E-state index contributed by atoms with van der Waals surface area (Å²) in [5.41, 5.74) is 2.48. The Morgan fingerprint density at radius 3 is 2.63 bits per heavy atom. The molecule has 2 aliphatic heterocycles. The van der Waals surface area contributed by atoms with Crippen LogP contribution in [0.2, 0.25) is 0 Å². The van der Waals surface area contributed by atoms with E-state index >= 15 is 0 Å². The average Bonchev–Trinajstić information content (AvgIpc) is 2.98. The second-order valence-electron chi connectivity index (χ2n) is 6.93. The van der Waals surface area contributed by atoms with Gasteiger partial charge in [0.1, 0.15) is 31.2 Å². The van der Waals surface area contributed by atoms with Gasteiger partial charge in [-0.15, -0.1) is 0 Å². The highest BCUT2D eigenvalue weighted by Crippen LogP contribution is 2.41. The summed E-state index contributed by atoms with van der Waals surface area (Å²) in [6.07, 6.45) is 1.60. The number of ether oxygens (including phenoxy) is 2. The van der Waals surface area contributed by atoms with Gasteiger partial charge in [-0.25, -0.2) is 4.39 Å². The number of allylic oxidation sites excluding steroid dienone is 1. The quantitative estimate of drug-likeness (QED) is 0.810. The van der Waals surface area contributed by atoms with E-state index in [1.54, 1.807) is 31.2 Å². The summed E-state index contributed by atoms with van der Waals surface area (Å²) in [5, 5.41) is 10.5. The van der Waals surface area contributed by atoms with Crippen LogP contribution in [0.4, 0.5) is 4.39 Å². The minimum atomic E-state index is -0.337. The van der Waals surface area contributed by atoms with Crippen LogP contribution in [0.15, 0.2) is 36.1 Å². The maximum absolute atomic E-state index is 13.1. The number of halogens is 1. The highest BCUT2D eigenvalue weighted by Gasteiger charge is 2.34. The van der Waals surface area contributed by atoms with Crippen LogP contribution >= 0.6 is 0 Å². The molecule has 1 saturated heterocycles. The van der Waals surface area contributed by atoms with Crippen LogP contribution in [0.5, 0.6) is 11.5 Å². The number of hydrogen-bond donors (Lipinski definition) is 2. The number of ketones is 1. The fourth-order valence-corrected chi connectivity index (χ4v) is 3.55. The van der Waals surface area contributed by atoms with Crippen molar-refractivity contribution in [2.45, 2.75) is 13.5 Å². The largest absolute Gasteiger partial charge is 0.507 e. The van der Waals surface area contributed by atoms with Gasteiger partial charge in [0, 0.05) is 0 Å². The van der Waals surface area contributed by atoms with Crippen LogP contribution in [0.1, 0.15) is 27.0 Å². The van der Waals surface area contributed by atoms with Crippen molar-refractivity contribution in [3.8, 4) is 11.5 Å². The lowest BCUT2D eigenvalue weighted by Crippen LogP contribution is -3.12. The lowest BCUT2D eigenvalue weighted by Gasteiger charge is -2.24. The van der Waals surface area contributed by atoms with E-state index in [1.807, 2.05) is 0 Å². The van der Waals surface area contributed by atoms with E-state index < -0.39 is 0 Å². The van der Waals surface area contributed by atoms with E-state index in [0.717, 1.165) is 13.1 Å². The Morgan fingerprint density at radius 1 is 1.22 bits per heavy atom. The molecule has 2 aliphatic rings. The lowest BCUT2D eigenvalue weighted by molar-refractivity contribution is -0.921. The number of phenols is 1. The molecular weight excluding hydrogens is 349 g/mol. The highest BCUT2D eigenvalue weighted by atomic mass is 19.1. The van der Waals surface area contributed by atoms with E-state index in [4.69, 9.17) is 9.47 Å². The maximum atomic E-state index is 13.1. The number of Topliss-reactive ketones (excluding diaryl/α,β-unsaturated/α-hetero) is 1. The third-order valence-corrected chi connectivity index (χ3v) is 5.02. The maximum Gasteiger partial charge on any atom is 0.232 e. The minimum absolute atomic E-state index is 0.140. The normalized spacial score (nSPS) is 18.6. The molecule has 0 saturated carbocycles. The second-order valence-corrected chi connectivity index (χ2v) is 6.93. The average molecular weight is 370 g/mol. The number of hydrogen-bond acceptors (Lipinski definition) is 4. The molecule has 4 rings (SSSR count). The Morgan fingerprint density at radius 2 is 1.93 bits per heavy atom. The first-order valence-electron chi connectivity index (χ1n) is 8.99. The van der Waals surface area contributed by atoms with Crippen LogP contribution in [0.3, 0.4) is 0 Å². The summed E-state index contributed by atoms with van der Waals surface area (Å²) in [5.74, 6) is 0.204. The fraction of sp³-hybridized carbons (Fsp3) is 0.286. The molecule has 0 radical (unpaired) electrons. The van der Waals surface area contributed by atoms with Gasteiger partial charge < -0.3 is 19.5 Å². The Balaban J connectivity index is 1.69. The van der Waals surface area contributed by atoms with Crippen LogP contribution < -0.4 is 9.64 Å². The third kappa shape index (κ3) is 3.46. The zero-order valence-electron chi connectivity index (χ0n) is 15.0. The molecule has 6 heteroatoms. The molecule has 2 aromatic rings. The Labute approximate surface area is 156 Å². The molecule has 0 bridgehead atoms. The van der Waals surface area contributed by atoms with Crippen LogP contribution in [0, 0.1) is 12.7 Å². The molecule has 2 heterocycles. The number of benzene rings is 2. The number of quaternary nitrogens is 1. The van der Waals surface area contributed by atoms with Gasteiger partial charge in [-0.1, -0.05) is 12.1 Å². The third-order valence-electron chi connectivity index (χ3n) is 5.02. The van der Waals surface area contributed by atoms with Crippen LogP contribution in [0.25, 0.3) is 6.08 Å². The Hall–Kier alpha value is -2.70.